The minimum Gasteiger partial charge on any atom is -0.486 e. The molecule has 1 aliphatic heterocycles. The van der Waals surface area contributed by atoms with Crippen molar-refractivity contribution in [3.05, 3.63) is 89.5 Å². The zero-order chi connectivity index (χ0) is 18.6. The number of halogens is 1. The van der Waals surface area contributed by atoms with Gasteiger partial charge in [-0.15, -0.1) is 0 Å². The zero-order valence-corrected chi connectivity index (χ0v) is 14.4. The fourth-order valence-corrected chi connectivity index (χ4v) is 3.03. The van der Waals surface area contributed by atoms with Crippen LogP contribution in [0.25, 0.3) is 0 Å². The van der Waals surface area contributed by atoms with Crippen LogP contribution in [0.5, 0.6) is 11.5 Å². The van der Waals surface area contributed by atoms with E-state index < -0.39 is 6.04 Å². The van der Waals surface area contributed by atoms with Crippen LogP contribution >= 0.6 is 0 Å². The summed E-state index contributed by atoms with van der Waals surface area (Å²) in [7, 11) is 0. The summed E-state index contributed by atoms with van der Waals surface area (Å²) in [5.74, 6) is 0.356. The molecule has 1 atom stereocenters. The number of pyridine rings is 1. The van der Waals surface area contributed by atoms with Crippen molar-refractivity contribution in [1.82, 2.24) is 10.3 Å². The van der Waals surface area contributed by atoms with E-state index in [1.165, 1.54) is 12.1 Å². The zero-order valence-electron chi connectivity index (χ0n) is 14.4. The summed E-state index contributed by atoms with van der Waals surface area (Å²) in [5, 5.41) is 3.01. The van der Waals surface area contributed by atoms with Crippen molar-refractivity contribution in [2.24, 2.45) is 0 Å². The van der Waals surface area contributed by atoms with Gasteiger partial charge in [0, 0.05) is 12.4 Å². The quantitative estimate of drug-likeness (QED) is 0.770. The monoisotopic (exact) mass is 364 g/mol. The Morgan fingerprint density at radius 3 is 2.44 bits per heavy atom. The van der Waals surface area contributed by atoms with Crippen LogP contribution in [0, 0.1) is 5.82 Å². The molecular weight excluding hydrogens is 347 g/mol. The van der Waals surface area contributed by atoms with Crippen LogP contribution in [0.15, 0.2) is 67.0 Å². The second-order valence-corrected chi connectivity index (χ2v) is 6.07. The topological polar surface area (TPSA) is 60.5 Å². The van der Waals surface area contributed by atoms with Crippen LogP contribution < -0.4 is 14.8 Å². The van der Waals surface area contributed by atoms with Gasteiger partial charge in [0.25, 0.3) is 5.91 Å². The number of para-hydroxylation sites is 1. The van der Waals surface area contributed by atoms with Gasteiger partial charge in [-0.05, 0) is 47.5 Å². The molecular formula is C21H17FN2O3. The molecule has 1 N–H and O–H groups in total. The molecule has 0 aliphatic carbocycles. The number of hydrogen-bond acceptors (Lipinski definition) is 4. The standard InChI is InChI=1S/C21H17FN2O3/c22-16-6-4-14(5-7-16)19(15-8-10-23-11-9-15)24-21(25)17-2-1-3-18-20(17)27-13-12-26-18/h1-11,19H,12-13H2,(H,24,25)/t19-/m0/s1. The molecule has 1 amide bonds. The average molecular weight is 364 g/mol. The van der Waals surface area contributed by atoms with Gasteiger partial charge in [0.05, 0.1) is 11.6 Å². The molecule has 4 rings (SSSR count). The Morgan fingerprint density at radius 2 is 1.67 bits per heavy atom. The highest BCUT2D eigenvalue weighted by Crippen LogP contribution is 2.34. The fourth-order valence-electron chi connectivity index (χ4n) is 3.03. The Kier molecular flexibility index (Phi) is 4.70. The molecule has 0 saturated heterocycles. The SMILES string of the molecule is O=C(N[C@H](c1ccncc1)c1ccc(F)cc1)c1cccc2c1OCCO2. The van der Waals surface area contributed by atoms with E-state index in [0.717, 1.165) is 11.1 Å². The van der Waals surface area contributed by atoms with E-state index in [1.807, 2.05) is 12.1 Å². The van der Waals surface area contributed by atoms with Gasteiger partial charge in [0.2, 0.25) is 0 Å². The van der Waals surface area contributed by atoms with Crippen molar-refractivity contribution >= 4 is 5.91 Å². The van der Waals surface area contributed by atoms with E-state index in [0.29, 0.717) is 30.3 Å². The first-order valence-electron chi connectivity index (χ1n) is 8.57. The third-order valence-electron chi connectivity index (χ3n) is 4.33. The molecule has 1 aromatic heterocycles. The van der Waals surface area contributed by atoms with E-state index in [9.17, 15) is 9.18 Å². The summed E-state index contributed by atoms with van der Waals surface area (Å²) in [6.45, 7) is 0.844. The molecule has 1 aliphatic rings. The number of ether oxygens (including phenoxy) is 2. The molecule has 0 saturated carbocycles. The molecule has 136 valence electrons. The number of amides is 1. The summed E-state index contributed by atoms with van der Waals surface area (Å²) in [6, 6.07) is 14.4. The van der Waals surface area contributed by atoms with Gasteiger partial charge in [-0.2, -0.15) is 0 Å². The maximum atomic E-state index is 13.3. The van der Waals surface area contributed by atoms with Gasteiger partial charge in [0.15, 0.2) is 11.5 Å². The average Bonchev–Trinajstić information content (AvgIpc) is 2.73. The van der Waals surface area contributed by atoms with Crippen LogP contribution in [-0.2, 0) is 0 Å². The molecule has 0 bridgehead atoms. The van der Waals surface area contributed by atoms with Crippen molar-refractivity contribution in [3.63, 3.8) is 0 Å². The molecule has 3 aromatic rings. The molecule has 0 fully saturated rings. The lowest BCUT2D eigenvalue weighted by molar-refractivity contribution is 0.0932. The normalized spacial score (nSPS) is 13.7. The van der Waals surface area contributed by atoms with E-state index in [2.05, 4.69) is 10.3 Å². The Hall–Kier alpha value is -3.41. The second kappa shape index (κ2) is 7.45. The van der Waals surface area contributed by atoms with Gasteiger partial charge in [-0.1, -0.05) is 18.2 Å². The predicted molar refractivity (Wildman–Crippen MR) is 97.4 cm³/mol. The van der Waals surface area contributed by atoms with Crippen LogP contribution in [0.3, 0.4) is 0 Å². The molecule has 5 nitrogen and oxygen atoms in total. The lowest BCUT2D eigenvalue weighted by Gasteiger charge is -2.23. The van der Waals surface area contributed by atoms with E-state index in [-0.39, 0.29) is 11.7 Å². The van der Waals surface area contributed by atoms with Crippen LogP contribution in [0.4, 0.5) is 4.39 Å². The lowest BCUT2D eigenvalue weighted by atomic mass is 9.99. The Balaban J connectivity index is 1.68. The Bertz CT molecular complexity index is 945. The van der Waals surface area contributed by atoms with Crippen molar-refractivity contribution in [3.8, 4) is 11.5 Å². The third kappa shape index (κ3) is 3.60. The van der Waals surface area contributed by atoms with E-state index in [4.69, 9.17) is 9.47 Å². The second-order valence-electron chi connectivity index (χ2n) is 6.07. The third-order valence-corrected chi connectivity index (χ3v) is 4.33. The van der Waals surface area contributed by atoms with Crippen LogP contribution in [-0.4, -0.2) is 24.1 Å². The maximum absolute atomic E-state index is 13.3. The number of benzene rings is 2. The maximum Gasteiger partial charge on any atom is 0.255 e. The van der Waals surface area contributed by atoms with E-state index >= 15 is 0 Å². The Labute approximate surface area is 155 Å². The summed E-state index contributed by atoms with van der Waals surface area (Å²) >= 11 is 0. The van der Waals surface area contributed by atoms with Gasteiger partial charge in [0.1, 0.15) is 19.0 Å². The van der Waals surface area contributed by atoms with E-state index in [1.54, 1.807) is 42.7 Å². The first-order chi connectivity index (χ1) is 13.2. The number of aromatic nitrogens is 1. The number of nitrogens with zero attached hydrogens (tertiary/aromatic N) is 1. The molecule has 2 heterocycles. The largest absolute Gasteiger partial charge is 0.486 e. The molecule has 27 heavy (non-hydrogen) atoms. The smallest absolute Gasteiger partial charge is 0.255 e. The summed E-state index contributed by atoms with van der Waals surface area (Å²) in [4.78, 5) is 17.0. The van der Waals surface area contributed by atoms with Gasteiger partial charge >= 0.3 is 0 Å². The van der Waals surface area contributed by atoms with Crippen molar-refractivity contribution in [2.45, 2.75) is 6.04 Å². The minimum atomic E-state index is -0.457. The predicted octanol–water partition coefficient (Wildman–Crippen LogP) is 3.51. The van der Waals surface area contributed by atoms with Gasteiger partial charge < -0.3 is 14.8 Å². The van der Waals surface area contributed by atoms with Crippen molar-refractivity contribution in [2.75, 3.05) is 13.2 Å². The highest BCUT2D eigenvalue weighted by atomic mass is 19.1. The van der Waals surface area contributed by atoms with Gasteiger partial charge in [-0.25, -0.2) is 4.39 Å². The van der Waals surface area contributed by atoms with Crippen LogP contribution in [0.2, 0.25) is 0 Å². The fraction of sp³-hybridized carbons (Fsp3) is 0.143. The number of carbonyl (C=O) groups is 1. The molecule has 0 radical (unpaired) electrons. The number of fused-ring (bicyclic) bond motifs is 1. The number of carbonyl (C=O) groups excluding carboxylic acids is 1. The first-order valence-corrected chi connectivity index (χ1v) is 8.57. The highest BCUT2D eigenvalue weighted by Gasteiger charge is 2.23. The molecule has 2 aromatic carbocycles. The number of hydrogen-bond donors (Lipinski definition) is 1. The van der Waals surface area contributed by atoms with Crippen molar-refractivity contribution < 1.29 is 18.7 Å². The summed E-state index contributed by atoms with van der Waals surface area (Å²) in [5.41, 5.74) is 2.00. The van der Waals surface area contributed by atoms with Crippen molar-refractivity contribution in [1.29, 1.82) is 0 Å². The first kappa shape index (κ1) is 17.0. The minimum absolute atomic E-state index is 0.302. The number of rotatable bonds is 4. The number of nitrogens with one attached hydrogen (secondary N) is 1. The Morgan fingerprint density at radius 1 is 0.963 bits per heavy atom. The molecule has 0 spiro atoms. The summed E-state index contributed by atoms with van der Waals surface area (Å²) in [6.07, 6.45) is 3.30. The van der Waals surface area contributed by atoms with Gasteiger partial charge in [-0.3, -0.25) is 9.78 Å². The highest BCUT2D eigenvalue weighted by molar-refractivity contribution is 5.98. The van der Waals surface area contributed by atoms with Crippen LogP contribution in [0.1, 0.15) is 27.5 Å². The summed E-state index contributed by atoms with van der Waals surface area (Å²) < 4.78 is 24.5. The molecule has 6 heteroatoms. The molecule has 0 unspecified atom stereocenters. The lowest BCUT2D eigenvalue weighted by Crippen LogP contribution is -2.30.